The van der Waals surface area contributed by atoms with Crippen LogP contribution in [-0.2, 0) is 9.59 Å². The van der Waals surface area contributed by atoms with Gasteiger partial charge < -0.3 is 4.90 Å². The molecule has 7 rings (SSSR count). The molecule has 4 nitrogen and oxygen atoms in total. The minimum absolute atomic E-state index is 0.0205. The van der Waals surface area contributed by atoms with Gasteiger partial charge in [-0.25, -0.2) is 0 Å². The van der Waals surface area contributed by atoms with Crippen LogP contribution >= 0.6 is 23.5 Å². The highest BCUT2D eigenvalue weighted by atomic mass is 32.2. The van der Waals surface area contributed by atoms with E-state index in [-0.39, 0.29) is 41.4 Å². The quantitative estimate of drug-likeness (QED) is 0.492. The van der Waals surface area contributed by atoms with Gasteiger partial charge in [-0.1, -0.05) is 48.7 Å². The highest BCUT2D eigenvalue weighted by Gasteiger charge is 2.69. The maximum Gasteiger partial charge on any atom is 0.238 e. The first kappa shape index (κ1) is 21.8. The van der Waals surface area contributed by atoms with E-state index in [1.807, 2.05) is 53.9 Å². The van der Waals surface area contributed by atoms with Crippen LogP contribution in [0.25, 0.3) is 0 Å². The van der Waals surface area contributed by atoms with Crippen LogP contribution in [0.15, 0.2) is 75.9 Å². The predicted molar refractivity (Wildman–Crippen MR) is 144 cm³/mol. The van der Waals surface area contributed by atoms with E-state index >= 15 is 0 Å². The Kier molecular flexibility index (Phi) is 4.85. The van der Waals surface area contributed by atoms with Crippen LogP contribution in [0, 0.1) is 29.6 Å². The third kappa shape index (κ3) is 3.02. The summed E-state index contributed by atoms with van der Waals surface area (Å²) in [6, 6.07) is 18.5. The molecule has 2 amide bonds. The third-order valence-electron chi connectivity index (χ3n) is 8.78. The zero-order valence-corrected chi connectivity index (χ0v) is 21.5. The van der Waals surface area contributed by atoms with E-state index in [0.717, 1.165) is 18.5 Å². The molecular weight excluding hydrogens is 472 g/mol. The van der Waals surface area contributed by atoms with Gasteiger partial charge in [0.1, 0.15) is 0 Å². The van der Waals surface area contributed by atoms with Crippen LogP contribution < -0.4 is 9.80 Å². The van der Waals surface area contributed by atoms with Gasteiger partial charge >= 0.3 is 0 Å². The van der Waals surface area contributed by atoms with Gasteiger partial charge in [0, 0.05) is 47.2 Å². The largest absolute Gasteiger partial charge is 0.378 e. The molecule has 1 saturated heterocycles. The van der Waals surface area contributed by atoms with E-state index in [9.17, 15) is 9.59 Å². The molecule has 0 unspecified atom stereocenters. The highest BCUT2D eigenvalue weighted by Crippen LogP contribution is 2.71. The van der Waals surface area contributed by atoms with Crippen LogP contribution in [0.2, 0.25) is 0 Å². The summed E-state index contributed by atoms with van der Waals surface area (Å²) in [5.41, 5.74) is 3.24. The molecule has 2 aliphatic carbocycles. The number of imide groups is 1. The molecule has 178 valence electrons. The molecule has 35 heavy (non-hydrogen) atoms. The summed E-state index contributed by atoms with van der Waals surface area (Å²) in [5, 5.41) is 0.387. The molecule has 2 aromatic carbocycles. The van der Waals surface area contributed by atoms with Crippen molar-refractivity contribution in [2.45, 2.75) is 24.0 Å². The number of allylic oxidation sites excluding steroid dienone is 3. The van der Waals surface area contributed by atoms with Crippen molar-refractivity contribution < 1.29 is 9.59 Å². The first-order valence-electron chi connectivity index (χ1n) is 12.4. The predicted octanol–water partition coefficient (Wildman–Crippen LogP) is 5.89. The second-order valence-corrected chi connectivity index (χ2v) is 13.2. The highest BCUT2D eigenvalue weighted by molar-refractivity contribution is 8.10. The number of carbonyl (C=O) groups is 2. The number of rotatable bonds is 3. The zero-order valence-electron chi connectivity index (χ0n) is 19.9. The first-order chi connectivity index (χ1) is 16.9. The molecule has 0 aromatic heterocycles. The lowest BCUT2D eigenvalue weighted by Gasteiger charge is -2.44. The van der Waals surface area contributed by atoms with E-state index in [1.54, 1.807) is 0 Å². The second kappa shape index (κ2) is 7.78. The number of benzene rings is 2. The molecule has 3 aliphatic heterocycles. The fourth-order valence-corrected chi connectivity index (χ4v) is 10.8. The number of para-hydroxylation sites is 1. The molecule has 5 aliphatic rings. The van der Waals surface area contributed by atoms with Crippen LogP contribution in [-0.4, -0.2) is 31.2 Å². The molecule has 2 saturated carbocycles. The van der Waals surface area contributed by atoms with Crippen molar-refractivity contribution in [2.75, 3.05) is 23.9 Å². The topological polar surface area (TPSA) is 40.6 Å². The smallest absolute Gasteiger partial charge is 0.238 e. The Labute approximate surface area is 214 Å². The molecule has 7 atom stereocenters. The molecule has 3 fully saturated rings. The van der Waals surface area contributed by atoms with Crippen molar-refractivity contribution in [1.29, 1.82) is 0 Å². The van der Waals surface area contributed by atoms with Gasteiger partial charge in [0.15, 0.2) is 0 Å². The fraction of sp³-hybridized carbons (Fsp3) is 0.379. The standard InChI is InChI=1S/C29H28N2O2S2/c1-15-13-21-27(34-15)22(16-9-11-17(12-10-16)30(2)3)23-19-14-20(26(23)35-21)25-24(19)28(32)31(29(25)33)18-7-5-4-6-8-18/h4-12,19-20,22-26H,1,13-14H2,2-3H3/t19-,20-,22-,23-,24+,25-,26-/m1/s1. The molecular formula is C29H28N2O2S2. The van der Waals surface area contributed by atoms with Gasteiger partial charge in [0.05, 0.1) is 17.5 Å². The normalized spacial score (nSPS) is 35.0. The van der Waals surface area contributed by atoms with Crippen LogP contribution in [0.1, 0.15) is 24.3 Å². The number of fused-ring (bicyclic) bond motifs is 8. The first-order valence-corrected chi connectivity index (χ1v) is 14.1. The average molecular weight is 501 g/mol. The van der Waals surface area contributed by atoms with Crippen molar-refractivity contribution in [1.82, 2.24) is 0 Å². The Balaban J connectivity index is 1.30. The van der Waals surface area contributed by atoms with Gasteiger partial charge in [0.2, 0.25) is 11.8 Å². The van der Waals surface area contributed by atoms with Gasteiger partial charge in [-0.05, 0) is 58.9 Å². The third-order valence-corrected chi connectivity index (χ3v) is 11.6. The van der Waals surface area contributed by atoms with Crippen molar-refractivity contribution in [3.05, 3.63) is 81.5 Å². The Morgan fingerprint density at radius 1 is 0.943 bits per heavy atom. The summed E-state index contributed by atoms with van der Waals surface area (Å²) < 4.78 is 0. The van der Waals surface area contributed by atoms with Gasteiger partial charge in [-0.2, -0.15) is 0 Å². The van der Waals surface area contributed by atoms with E-state index in [0.29, 0.717) is 11.2 Å². The Hall–Kier alpha value is -2.44. The number of carbonyl (C=O) groups excluding carboxylic acids is 2. The summed E-state index contributed by atoms with van der Waals surface area (Å²) in [6.07, 6.45) is 1.94. The maximum absolute atomic E-state index is 13.8. The minimum atomic E-state index is -0.185. The Morgan fingerprint density at radius 2 is 1.63 bits per heavy atom. The van der Waals surface area contributed by atoms with Gasteiger partial charge in [-0.15, -0.1) is 11.8 Å². The lowest BCUT2D eigenvalue weighted by Crippen LogP contribution is -2.42. The summed E-state index contributed by atoms with van der Waals surface area (Å²) in [5.74, 6) is 0.855. The van der Waals surface area contributed by atoms with Crippen molar-refractivity contribution in [3.63, 3.8) is 0 Å². The number of amides is 2. The van der Waals surface area contributed by atoms with E-state index in [1.165, 1.54) is 30.9 Å². The molecule has 0 radical (unpaired) electrons. The number of thioether (sulfide) groups is 2. The second-order valence-electron chi connectivity index (χ2n) is 10.7. The molecule has 6 heteroatoms. The maximum atomic E-state index is 13.8. The van der Waals surface area contributed by atoms with E-state index < -0.39 is 0 Å². The van der Waals surface area contributed by atoms with Gasteiger partial charge in [-0.3, -0.25) is 14.5 Å². The Morgan fingerprint density at radius 3 is 2.31 bits per heavy atom. The number of anilines is 2. The number of hydrogen-bond acceptors (Lipinski definition) is 5. The summed E-state index contributed by atoms with van der Waals surface area (Å²) in [6.45, 7) is 4.30. The molecule has 3 heterocycles. The molecule has 0 spiro atoms. The fourth-order valence-electron chi connectivity index (χ4n) is 7.46. The van der Waals surface area contributed by atoms with Crippen LogP contribution in [0.4, 0.5) is 11.4 Å². The van der Waals surface area contributed by atoms with E-state index in [4.69, 9.17) is 0 Å². The zero-order chi connectivity index (χ0) is 24.0. The van der Waals surface area contributed by atoms with E-state index in [2.05, 4.69) is 49.8 Å². The van der Waals surface area contributed by atoms with Gasteiger partial charge in [0.25, 0.3) is 0 Å². The van der Waals surface area contributed by atoms with Crippen molar-refractivity contribution in [3.8, 4) is 0 Å². The summed E-state index contributed by atoms with van der Waals surface area (Å²) in [4.78, 5) is 35.2. The minimum Gasteiger partial charge on any atom is -0.378 e. The lowest BCUT2D eigenvalue weighted by molar-refractivity contribution is -0.123. The van der Waals surface area contributed by atoms with Crippen LogP contribution in [0.3, 0.4) is 0 Å². The molecule has 0 N–H and O–H groups in total. The van der Waals surface area contributed by atoms with Crippen molar-refractivity contribution >= 4 is 46.7 Å². The number of nitrogens with zero attached hydrogens (tertiary/aromatic N) is 2. The van der Waals surface area contributed by atoms with Crippen LogP contribution in [0.5, 0.6) is 0 Å². The van der Waals surface area contributed by atoms with Crippen molar-refractivity contribution in [2.24, 2.45) is 29.6 Å². The summed E-state index contributed by atoms with van der Waals surface area (Å²) in [7, 11) is 4.13. The monoisotopic (exact) mass is 500 g/mol. The average Bonchev–Trinajstić information content (AvgIpc) is 3.58. The Bertz CT molecular complexity index is 1290. The molecule has 2 bridgehead atoms. The SMILES string of the molecule is C=C1CC2=C(S1)[C@H](c1ccc(N(C)C)cc1)[C@H]1[C@H]3C[C@@H]([C@H]1S2)[C@H]1C(=O)N(c2ccccc2)C(=O)[C@@H]31. The molecule has 2 aromatic rings. The summed E-state index contributed by atoms with van der Waals surface area (Å²) >= 11 is 3.86. The lowest BCUT2D eigenvalue weighted by atomic mass is 9.68. The number of hydrogen-bond donors (Lipinski definition) is 0.